The maximum absolute atomic E-state index is 12.8. The van der Waals surface area contributed by atoms with E-state index in [4.69, 9.17) is 9.47 Å². The largest absolute Gasteiger partial charge is 0.489 e. The lowest BCUT2D eigenvalue weighted by atomic mass is 10.1. The summed E-state index contributed by atoms with van der Waals surface area (Å²) < 4.78 is 38.1. The molecule has 1 aliphatic rings. The number of hydrogen-bond acceptors (Lipinski definition) is 8. The topological polar surface area (TPSA) is 128 Å². The number of nitrogens with zero attached hydrogens (tertiary/aromatic N) is 3. The van der Waals surface area contributed by atoms with Gasteiger partial charge in [-0.25, -0.2) is 18.3 Å². The van der Waals surface area contributed by atoms with Crippen LogP contribution in [0.15, 0.2) is 59.8 Å². The van der Waals surface area contributed by atoms with Crippen molar-refractivity contribution in [1.82, 2.24) is 9.97 Å². The number of sulfonamides is 1. The monoisotopic (exact) mass is 440 g/mol. The molecular weight excluding hydrogens is 424 g/mol. The van der Waals surface area contributed by atoms with E-state index < -0.39 is 21.8 Å². The number of fused-ring (bicyclic) bond motifs is 1. The summed E-state index contributed by atoms with van der Waals surface area (Å²) in [7, 11) is -1.36. The minimum Gasteiger partial charge on any atom is -0.489 e. The number of rotatable bonds is 6. The van der Waals surface area contributed by atoms with E-state index in [1.54, 1.807) is 24.3 Å². The number of nitrogens with one attached hydrogen (secondary N) is 1. The van der Waals surface area contributed by atoms with Crippen molar-refractivity contribution >= 4 is 33.3 Å². The van der Waals surface area contributed by atoms with E-state index in [2.05, 4.69) is 14.7 Å². The molecule has 10 nitrogen and oxygen atoms in total. The lowest BCUT2D eigenvalue weighted by Crippen LogP contribution is -2.29. The van der Waals surface area contributed by atoms with Crippen molar-refractivity contribution in [2.45, 2.75) is 4.90 Å². The zero-order chi connectivity index (χ0) is 22.2. The molecule has 2 aromatic carbocycles. The number of methoxy groups -OCH3 is 2. The van der Waals surface area contributed by atoms with Crippen molar-refractivity contribution in [2.75, 3.05) is 23.8 Å². The maximum Gasteiger partial charge on any atom is 0.266 e. The molecule has 0 atom stereocenters. The van der Waals surface area contributed by atoms with Crippen molar-refractivity contribution in [2.24, 2.45) is 0 Å². The highest BCUT2D eigenvalue weighted by molar-refractivity contribution is 7.92. The van der Waals surface area contributed by atoms with Crippen LogP contribution in [-0.2, 0) is 10.0 Å². The van der Waals surface area contributed by atoms with Gasteiger partial charge in [0, 0.05) is 0 Å². The van der Waals surface area contributed by atoms with Crippen LogP contribution in [0.25, 0.3) is 0 Å². The van der Waals surface area contributed by atoms with E-state index in [0.29, 0.717) is 11.1 Å². The van der Waals surface area contributed by atoms with Gasteiger partial charge >= 0.3 is 0 Å². The number of ether oxygens (including phenoxy) is 2. The number of carbonyl (C=O) groups excluding carboxylic acids is 2. The Kier molecular flexibility index (Phi) is 5.03. The van der Waals surface area contributed by atoms with Crippen molar-refractivity contribution in [3.63, 3.8) is 0 Å². The number of aromatic nitrogens is 2. The predicted octanol–water partition coefficient (Wildman–Crippen LogP) is 2.10. The molecule has 0 saturated heterocycles. The average Bonchev–Trinajstić information content (AvgIpc) is 3.03. The molecule has 31 heavy (non-hydrogen) atoms. The highest BCUT2D eigenvalue weighted by Crippen LogP contribution is 2.33. The SMILES string of the molecule is COc1ncnc(NS(=O)(=O)c2ccc(N3C(=O)c4ccccc4C3=O)cc2)c1OC. The molecule has 0 fully saturated rings. The van der Waals surface area contributed by atoms with Gasteiger partial charge in [-0.1, -0.05) is 12.1 Å². The van der Waals surface area contributed by atoms with Crippen molar-refractivity contribution in [1.29, 1.82) is 0 Å². The Morgan fingerprint density at radius 2 is 1.48 bits per heavy atom. The first kappa shape index (κ1) is 20.3. The third-order valence-corrected chi connectivity index (χ3v) is 5.95. The smallest absolute Gasteiger partial charge is 0.266 e. The summed E-state index contributed by atoms with van der Waals surface area (Å²) >= 11 is 0. The van der Waals surface area contributed by atoms with Crippen molar-refractivity contribution < 1.29 is 27.5 Å². The summed E-state index contributed by atoms with van der Waals surface area (Å²) in [6.07, 6.45) is 1.13. The van der Waals surface area contributed by atoms with Crippen LogP contribution in [0.3, 0.4) is 0 Å². The molecule has 4 rings (SSSR count). The fourth-order valence-electron chi connectivity index (χ4n) is 3.14. The van der Waals surface area contributed by atoms with E-state index >= 15 is 0 Å². The fourth-order valence-corrected chi connectivity index (χ4v) is 4.16. The summed E-state index contributed by atoms with van der Waals surface area (Å²) in [5.41, 5.74) is 0.859. The van der Waals surface area contributed by atoms with Crippen LogP contribution >= 0.6 is 0 Å². The van der Waals surface area contributed by atoms with Gasteiger partial charge in [-0.15, -0.1) is 0 Å². The molecule has 1 aromatic heterocycles. The first-order chi connectivity index (χ1) is 14.9. The van der Waals surface area contributed by atoms with Crippen LogP contribution in [0, 0.1) is 0 Å². The quantitative estimate of drug-likeness (QED) is 0.577. The van der Waals surface area contributed by atoms with E-state index in [9.17, 15) is 18.0 Å². The first-order valence-corrected chi connectivity index (χ1v) is 10.4. The van der Waals surface area contributed by atoms with Gasteiger partial charge in [0.15, 0.2) is 5.82 Å². The highest BCUT2D eigenvalue weighted by Gasteiger charge is 2.36. The molecule has 1 aliphatic heterocycles. The Hall–Kier alpha value is -3.99. The summed E-state index contributed by atoms with van der Waals surface area (Å²) in [5, 5.41) is 0. The summed E-state index contributed by atoms with van der Waals surface area (Å²) in [6, 6.07) is 11.8. The molecule has 0 saturated carbocycles. The number of benzene rings is 2. The van der Waals surface area contributed by atoms with Gasteiger partial charge in [0.25, 0.3) is 27.7 Å². The molecule has 158 valence electrons. The van der Waals surface area contributed by atoms with Crippen LogP contribution in [0.1, 0.15) is 20.7 Å². The minimum atomic E-state index is -4.06. The van der Waals surface area contributed by atoms with Gasteiger partial charge in [0.1, 0.15) is 6.33 Å². The van der Waals surface area contributed by atoms with Gasteiger partial charge in [-0.2, -0.15) is 4.98 Å². The second kappa shape index (κ2) is 7.69. The Labute approximate surface area is 177 Å². The number of carbonyl (C=O) groups is 2. The third-order valence-electron chi connectivity index (χ3n) is 4.60. The number of imide groups is 1. The van der Waals surface area contributed by atoms with Gasteiger partial charge in [0.05, 0.1) is 35.9 Å². The third kappa shape index (κ3) is 3.44. The van der Waals surface area contributed by atoms with E-state index in [-0.39, 0.29) is 28.0 Å². The fraction of sp³-hybridized carbons (Fsp3) is 0.100. The summed E-state index contributed by atoms with van der Waals surface area (Å²) in [4.78, 5) is 33.8. The molecule has 0 unspecified atom stereocenters. The Bertz CT molecular complexity index is 1260. The van der Waals surface area contributed by atoms with E-state index in [1.807, 2.05) is 0 Å². The first-order valence-electron chi connectivity index (χ1n) is 8.91. The number of anilines is 2. The summed E-state index contributed by atoms with van der Waals surface area (Å²) in [6.45, 7) is 0. The number of hydrogen-bond donors (Lipinski definition) is 1. The Morgan fingerprint density at radius 1 is 0.871 bits per heavy atom. The van der Waals surface area contributed by atoms with Gasteiger partial charge < -0.3 is 9.47 Å². The average molecular weight is 440 g/mol. The molecule has 0 aliphatic carbocycles. The molecular formula is C20H16N4O6S. The van der Waals surface area contributed by atoms with Gasteiger partial charge in [-0.3, -0.25) is 14.3 Å². The van der Waals surface area contributed by atoms with Crippen LogP contribution in [0.2, 0.25) is 0 Å². The predicted molar refractivity (Wildman–Crippen MR) is 110 cm³/mol. The van der Waals surface area contributed by atoms with Crippen LogP contribution in [-0.4, -0.2) is 44.4 Å². The van der Waals surface area contributed by atoms with Crippen LogP contribution in [0.5, 0.6) is 11.6 Å². The van der Waals surface area contributed by atoms with Crippen molar-refractivity contribution in [3.8, 4) is 11.6 Å². The maximum atomic E-state index is 12.8. The second-order valence-corrected chi connectivity index (χ2v) is 8.04. The van der Waals surface area contributed by atoms with Crippen LogP contribution in [0.4, 0.5) is 11.5 Å². The second-order valence-electron chi connectivity index (χ2n) is 6.36. The molecule has 2 amide bonds. The standard InChI is InChI=1S/C20H16N4O6S/c1-29-16-17(21-11-22-18(16)30-2)23-31(27,28)13-9-7-12(8-10-13)24-19(25)14-5-3-4-6-15(14)20(24)26/h3-11H,1-2H3,(H,21,22,23). The molecule has 2 heterocycles. The Morgan fingerprint density at radius 3 is 2.03 bits per heavy atom. The molecule has 0 spiro atoms. The zero-order valence-corrected chi connectivity index (χ0v) is 17.2. The normalized spacial score (nSPS) is 13.2. The Balaban J connectivity index is 1.62. The minimum absolute atomic E-state index is 0.0243. The van der Waals surface area contributed by atoms with E-state index in [1.165, 1.54) is 38.5 Å². The lowest BCUT2D eigenvalue weighted by molar-refractivity contribution is 0.0926. The lowest BCUT2D eigenvalue weighted by Gasteiger charge is -2.15. The highest BCUT2D eigenvalue weighted by atomic mass is 32.2. The molecule has 1 N–H and O–H groups in total. The van der Waals surface area contributed by atoms with E-state index in [0.717, 1.165) is 11.2 Å². The van der Waals surface area contributed by atoms with Crippen LogP contribution < -0.4 is 19.1 Å². The van der Waals surface area contributed by atoms with Crippen molar-refractivity contribution in [3.05, 3.63) is 66.0 Å². The zero-order valence-electron chi connectivity index (χ0n) is 16.4. The summed E-state index contributed by atoms with van der Waals surface area (Å²) in [5.74, 6) is -0.939. The molecule has 11 heteroatoms. The van der Waals surface area contributed by atoms with Gasteiger partial charge in [0.2, 0.25) is 5.75 Å². The molecule has 3 aromatic rings. The van der Waals surface area contributed by atoms with Gasteiger partial charge in [-0.05, 0) is 36.4 Å². The molecule has 0 radical (unpaired) electrons. The molecule has 0 bridgehead atoms. The number of amides is 2.